The van der Waals surface area contributed by atoms with Crippen molar-refractivity contribution in [2.24, 2.45) is 0 Å². The summed E-state index contributed by atoms with van der Waals surface area (Å²) in [6.07, 6.45) is 0.0315. The van der Waals surface area contributed by atoms with Crippen LogP contribution in [0.3, 0.4) is 0 Å². The molecular weight excluding hydrogens is 204 g/mol. The smallest absolute Gasteiger partial charge is 0.0976 e. The topological polar surface area (TPSA) is 56.5 Å². The molecule has 90 valence electrons. The van der Waals surface area contributed by atoms with Crippen LogP contribution in [0.5, 0.6) is 0 Å². The zero-order valence-electron chi connectivity index (χ0n) is 10.1. The Kier molecular flexibility index (Phi) is 5.08. The third-order valence-corrected chi connectivity index (χ3v) is 2.50. The lowest BCUT2D eigenvalue weighted by Gasteiger charge is -2.18. The maximum atomic E-state index is 5.89. The van der Waals surface area contributed by atoms with Gasteiger partial charge in [0, 0.05) is 20.8 Å². The summed E-state index contributed by atoms with van der Waals surface area (Å²) in [5.74, 6) is 0. The minimum Gasteiger partial charge on any atom is -0.397 e. The number of para-hydroxylation sites is 1. The Balaban J connectivity index is 2.59. The molecule has 0 saturated heterocycles. The normalized spacial score (nSPS) is 12.4. The number of benzene rings is 1. The van der Waals surface area contributed by atoms with Crippen LogP contribution >= 0.6 is 0 Å². The lowest BCUT2D eigenvalue weighted by atomic mass is 10.1. The van der Waals surface area contributed by atoms with Crippen molar-refractivity contribution in [3.8, 4) is 0 Å². The minimum atomic E-state index is 0.0315. The van der Waals surface area contributed by atoms with Crippen LogP contribution in [-0.4, -0.2) is 33.5 Å². The van der Waals surface area contributed by atoms with Crippen LogP contribution in [0.2, 0.25) is 0 Å². The molecule has 0 aliphatic heterocycles. The second-order valence-electron chi connectivity index (χ2n) is 3.73. The molecule has 0 aliphatic rings. The van der Waals surface area contributed by atoms with Crippen molar-refractivity contribution in [2.75, 3.05) is 38.4 Å². The summed E-state index contributed by atoms with van der Waals surface area (Å²) < 4.78 is 10.3. The van der Waals surface area contributed by atoms with Crippen LogP contribution < -0.4 is 11.1 Å². The molecule has 1 aromatic rings. The van der Waals surface area contributed by atoms with E-state index in [1.807, 2.05) is 25.1 Å². The van der Waals surface area contributed by atoms with Crippen molar-refractivity contribution in [2.45, 2.75) is 13.0 Å². The summed E-state index contributed by atoms with van der Waals surface area (Å²) >= 11 is 0. The van der Waals surface area contributed by atoms with Gasteiger partial charge in [-0.3, -0.25) is 0 Å². The third-order valence-electron chi connectivity index (χ3n) is 2.50. The van der Waals surface area contributed by atoms with Gasteiger partial charge >= 0.3 is 0 Å². The van der Waals surface area contributed by atoms with Crippen molar-refractivity contribution >= 4 is 11.4 Å². The fourth-order valence-corrected chi connectivity index (χ4v) is 1.54. The molecule has 4 nitrogen and oxygen atoms in total. The van der Waals surface area contributed by atoms with Gasteiger partial charge in [-0.2, -0.15) is 0 Å². The number of nitrogens with two attached hydrogens (primary N) is 1. The number of ether oxygens (including phenoxy) is 2. The van der Waals surface area contributed by atoms with Gasteiger partial charge in [0.15, 0.2) is 0 Å². The van der Waals surface area contributed by atoms with Gasteiger partial charge in [0.1, 0.15) is 0 Å². The molecule has 0 saturated carbocycles. The highest BCUT2D eigenvalue weighted by atomic mass is 16.5. The van der Waals surface area contributed by atoms with E-state index in [-0.39, 0.29) is 6.10 Å². The van der Waals surface area contributed by atoms with Crippen molar-refractivity contribution in [3.63, 3.8) is 0 Å². The van der Waals surface area contributed by atoms with Crippen molar-refractivity contribution < 1.29 is 9.47 Å². The van der Waals surface area contributed by atoms with E-state index in [2.05, 4.69) is 5.32 Å². The molecule has 1 unspecified atom stereocenters. The van der Waals surface area contributed by atoms with E-state index in [9.17, 15) is 0 Å². The summed E-state index contributed by atoms with van der Waals surface area (Å²) in [4.78, 5) is 0. The van der Waals surface area contributed by atoms with Crippen molar-refractivity contribution in [1.29, 1.82) is 0 Å². The summed E-state index contributed by atoms with van der Waals surface area (Å²) in [6.45, 7) is 3.27. The Labute approximate surface area is 96.7 Å². The summed E-state index contributed by atoms with van der Waals surface area (Å²) in [6, 6.07) is 5.85. The second-order valence-corrected chi connectivity index (χ2v) is 3.73. The predicted octanol–water partition coefficient (Wildman–Crippen LogP) is 1.65. The maximum absolute atomic E-state index is 5.89. The van der Waals surface area contributed by atoms with E-state index in [1.165, 1.54) is 0 Å². The monoisotopic (exact) mass is 224 g/mol. The maximum Gasteiger partial charge on any atom is 0.0976 e. The average Bonchev–Trinajstić information content (AvgIpc) is 2.27. The molecule has 0 fully saturated rings. The molecule has 0 bridgehead atoms. The van der Waals surface area contributed by atoms with Gasteiger partial charge in [-0.15, -0.1) is 0 Å². The molecule has 0 spiro atoms. The zero-order chi connectivity index (χ0) is 12.0. The first-order chi connectivity index (χ1) is 7.69. The molecular formula is C12H20N2O2. The van der Waals surface area contributed by atoms with Gasteiger partial charge in [-0.25, -0.2) is 0 Å². The molecule has 0 aromatic heterocycles. The van der Waals surface area contributed by atoms with Gasteiger partial charge in [-0.1, -0.05) is 12.1 Å². The lowest BCUT2D eigenvalue weighted by Crippen LogP contribution is -2.27. The Morgan fingerprint density at radius 3 is 2.69 bits per heavy atom. The SMILES string of the molecule is COCC(CNc1c(C)cccc1N)OC. The second kappa shape index (κ2) is 6.35. The van der Waals surface area contributed by atoms with Gasteiger partial charge in [0.2, 0.25) is 0 Å². The molecule has 0 aliphatic carbocycles. The van der Waals surface area contributed by atoms with E-state index in [0.717, 1.165) is 16.9 Å². The molecule has 0 amide bonds. The predicted molar refractivity (Wildman–Crippen MR) is 66.8 cm³/mol. The van der Waals surface area contributed by atoms with Gasteiger partial charge in [-0.05, 0) is 18.6 Å². The standard InChI is InChI=1S/C12H20N2O2/c1-9-5-4-6-11(13)12(9)14-7-10(16-3)8-15-2/h4-6,10,14H,7-8,13H2,1-3H3. The number of anilines is 2. The lowest BCUT2D eigenvalue weighted by molar-refractivity contribution is 0.0365. The first-order valence-electron chi connectivity index (χ1n) is 5.29. The number of rotatable bonds is 6. The number of nitrogen functional groups attached to an aromatic ring is 1. The van der Waals surface area contributed by atoms with E-state index in [4.69, 9.17) is 15.2 Å². The fourth-order valence-electron chi connectivity index (χ4n) is 1.54. The van der Waals surface area contributed by atoms with Crippen LogP contribution in [0.25, 0.3) is 0 Å². The summed E-state index contributed by atoms with van der Waals surface area (Å²) in [5, 5.41) is 3.29. The van der Waals surface area contributed by atoms with Crippen LogP contribution in [-0.2, 0) is 9.47 Å². The Hall–Kier alpha value is -1.26. The van der Waals surface area contributed by atoms with E-state index in [0.29, 0.717) is 13.2 Å². The highest BCUT2D eigenvalue weighted by molar-refractivity contribution is 5.69. The molecule has 0 radical (unpaired) electrons. The molecule has 1 rings (SSSR count). The molecule has 0 heterocycles. The molecule has 4 heteroatoms. The average molecular weight is 224 g/mol. The van der Waals surface area contributed by atoms with E-state index >= 15 is 0 Å². The number of hydrogen-bond donors (Lipinski definition) is 2. The molecule has 3 N–H and O–H groups in total. The van der Waals surface area contributed by atoms with Crippen molar-refractivity contribution in [1.82, 2.24) is 0 Å². The first-order valence-corrected chi connectivity index (χ1v) is 5.29. The van der Waals surface area contributed by atoms with Gasteiger partial charge < -0.3 is 20.5 Å². The summed E-state index contributed by atoms with van der Waals surface area (Å²) in [5.41, 5.74) is 8.75. The molecule has 1 atom stereocenters. The number of nitrogens with one attached hydrogen (secondary N) is 1. The minimum absolute atomic E-state index is 0.0315. The molecule has 1 aromatic carbocycles. The quantitative estimate of drug-likeness (QED) is 0.721. The third kappa shape index (κ3) is 3.40. The van der Waals surface area contributed by atoms with E-state index in [1.54, 1.807) is 14.2 Å². The Morgan fingerprint density at radius 1 is 1.38 bits per heavy atom. The van der Waals surface area contributed by atoms with Crippen molar-refractivity contribution in [3.05, 3.63) is 23.8 Å². The van der Waals surface area contributed by atoms with E-state index < -0.39 is 0 Å². The van der Waals surface area contributed by atoms with Gasteiger partial charge in [0.05, 0.1) is 24.1 Å². The fraction of sp³-hybridized carbons (Fsp3) is 0.500. The van der Waals surface area contributed by atoms with Crippen LogP contribution in [0, 0.1) is 6.92 Å². The number of aryl methyl sites for hydroxylation is 1. The van der Waals surface area contributed by atoms with Crippen LogP contribution in [0.15, 0.2) is 18.2 Å². The number of hydrogen-bond acceptors (Lipinski definition) is 4. The summed E-state index contributed by atoms with van der Waals surface area (Å²) in [7, 11) is 3.33. The highest BCUT2D eigenvalue weighted by Gasteiger charge is 2.08. The largest absolute Gasteiger partial charge is 0.397 e. The Bertz CT molecular complexity index is 309. The van der Waals surface area contributed by atoms with Crippen LogP contribution in [0.4, 0.5) is 11.4 Å². The molecule has 16 heavy (non-hydrogen) atoms. The number of methoxy groups -OCH3 is 2. The first kappa shape index (κ1) is 12.8. The zero-order valence-corrected chi connectivity index (χ0v) is 10.1. The Morgan fingerprint density at radius 2 is 2.12 bits per heavy atom. The highest BCUT2D eigenvalue weighted by Crippen LogP contribution is 2.22. The van der Waals surface area contributed by atoms with Gasteiger partial charge in [0.25, 0.3) is 0 Å². The van der Waals surface area contributed by atoms with Crippen LogP contribution in [0.1, 0.15) is 5.56 Å².